The molecule has 0 N–H and O–H groups in total. The molecule has 25 heavy (non-hydrogen) atoms. The molecule has 0 atom stereocenters. The molecule has 0 bridgehead atoms. The summed E-state index contributed by atoms with van der Waals surface area (Å²) in [6.07, 6.45) is 0. The van der Waals surface area contributed by atoms with Crippen LogP contribution in [0.15, 0.2) is 91.0 Å². The molecule has 0 fully saturated rings. The lowest BCUT2D eigenvalue weighted by Gasteiger charge is -2.44. The van der Waals surface area contributed by atoms with Gasteiger partial charge in [0.2, 0.25) is 0 Å². The molecule has 0 spiro atoms. The predicted molar refractivity (Wildman–Crippen MR) is 108 cm³/mol. The Kier molecular flexibility index (Phi) is 5.21. The first-order valence-corrected chi connectivity index (χ1v) is 12.3. The van der Waals surface area contributed by atoms with E-state index < -0.39 is 8.07 Å². The number of benzene rings is 3. The van der Waals surface area contributed by atoms with Gasteiger partial charge in [-0.05, 0) is 16.7 Å². The third kappa shape index (κ3) is 3.60. The highest BCUT2D eigenvalue weighted by Crippen LogP contribution is 2.42. The third-order valence-electron chi connectivity index (χ3n) is 4.71. The first kappa shape index (κ1) is 17.7. The van der Waals surface area contributed by atoms with Crippen LogP contribution in [0.2, 0.25) is 19.6 Å². The van der Waals surface area contributed by atoms with Gasteiger partial charge in [0.1, 0.15) is 5.22 Å². The van der Waals surface area contributed by atoms with Gasteiger partial charge < -0.3 is 4.74 Å². The van der Waals surface area contributed by atoms with Crippen molar-refractivity contribution in [3.8, 4) is 0 Å². The fourth-order valence-electron chi connectivity index (χ4n) is 3.53. The lowest BCUT2D eigenvalue weighted by atomic mass is 10.00. The molecule has 3 aromatic rings. The van der Waals surface area contributed by atoms with Crippen LogP contribution in [0.4, 0.5) is 0 Å². The summed E-state index contributed by atoms with van der Waals surface area (Å²) in [6.45, 7) is 7.77. The normalized spacial score (nSPS) is 12.1. The number of hydrogen-bond acceptors (Lipinski definition) is 1. The van der Waals surface area contributed by atoms with Crippen LogP contribution in [0.5, 0.6) is 0 Å². The quantitative estimate of drug-likeness (QED) is 0.496. The van der Waals surface area contributed by atoms with Gasteiger partial charge in [0.15, 0.2) is 0 Å². The molecule has 2 heteroatoms. The molecule has 0 aromatic heterocycles. The Balaban J connectivity index is 2.12. The second-order valence-electron chi connectivity index (χ2n) is 7.44. The zero-order valence-electron chi connectivity index (χ0n) is 15.3. The maximum Gasteiger partial charge on any atom is 0.106 e. The summed E-state index contributed by atoms with van der Waals surface area (Å²) < 4.78 is 6.81. The average molecular weight is 347 g/mol. The monoisotopic (exact) mass is 346 g/mol. The van der Waals surface area contributed by atoms with E-state index in [-0.39, 0.29) is 5.22 Å². The number of ether oxygens (including phenoxy) is 1. The van der Waals surface area contributed by atoms with Crippen molar-refractivity contribution in [1.29, 1.82) is 0 Å². The molecule has 0 radical (unpaired) electrons. The van der Waals surface area contributed by atoms with Gasteiger partial charge in [0, 0.05) is 0 Å². The Morgan fingerprint density at radius 3 is 1.44 bits per heavy atom. The highest BCUT2D eigenvalue weighted by molar-refractivity contribution is 6.79. The maximum absolute atomic E-state index is 6.81. The molecule has 0 heterocycles. The molecule has 0 saturated carbocycles. The van der Waals surface area contributed by atoms with Crippen molar-refractivity contribution in [3.63, 3.8) is 0 Å². The van der Waals surface area contributed by atoms with Crippen LogP contribution in [0, 0.1) is 0 Å². The van der Waals surface area contributed by atoms with Crippen molar-refractivity contribution in [2.45, 2.75) is 31.5 Å². The van der Waals surface area contributed by atoms with Gasteiger partial charge in [-0.2, -0.15) is 0 Å². The number of hydrogen-bond donors (Lipinski definition) is 0. The van der Waals surface area contributed by atoms with Crippen molar-refractivity contribution in [1.82, 2.24) is 0 Å². The van der Waals surface area contributed by atoms with Gasteiger partial charge in [-0.3, -0.25) is 0 Å². The molecule has 128 valence electrons. The Labute approximate surface area is 152 Å². The van der Waals surface area contributed by atoms with E-state index in [0.717, 1.165) is 0 Å². The van der Waals surface area contributed by atoms with E-state index >= 15 is 0 Å². The topological polar surface area (TPSA) is 9.23 Å². The highest BCUT2D eigenvalue weighted by Gasteiger charge is 2.47. The SMILES string of the molecule is C[Si](C)(C)C(OCc1ccccc1)(c1ccccc1)c1ccccc1. The van der Waals surface area contributed by atoms with Gasteiger partial charge in [0.25, 0.3) is 0 Å². The molecular weight excluding hydrogens is 320 g/mol. The van der Waals surface area contributed by atoms with Crippen LogP contribution in [-0.2, 0) is 16.6 Å². The minimum Gasteiger partial charge on any atom is -0.365 e. The van der Waals surface area contributed by atoms with E-state index in [1.165, 1.54) is 16.7 Å². The molecule has 0 amide bonds. The van der Waals surface area contributed by atoms with Crippen molar-refractivity contribution < 1.29 is 4.74 Å². The van der Waals surface area contributed by atoms with Crippen LogP contribution < -0.4 is 0 Å². The third-order valence-corrected chi connectivity index (χ3v) is 7.55. The molecule has 0 aliphatic heterocycles. The molecule has 0 aliphatic carbocycles. The van der Waals surface area contributed by atoms with Crippen molar-refractivity contribution in [3.05, 3.63) is 108 Å². The smallest absolute Gasteiger partial charge is 0.106 e. The second kappa shape index (κ2) is 7.38. The summed E-state index contributed by atoms with van der Waals surface area (Å²) in [6, 6.07) is 31.8. The molecule has 0 aliphatic rings. The molecular formula is C23H26OSi. The van der Waals surface area contributed by atoms with Gasteiger partial charge in [0.05, 0.1) is 14.7 Å². The minimum absolute atomic E-state index is 0.384. The first-order chi connectivity index (χ1) is 12.0. The average Bonchev–Trinajstić information content (AvgIpc) is 2.64. The molecule has 1 nitrogen and oxygen atoms in total. The van der Waals surface area contributed by atoms with Gasteiger partial charge in [-0.1, -0.05) is 111 Å². The van der Waals surface area contributed by atoms with E-state index in [9.17, 15) is 0 Å². The zero-order valence-corrected chi connectivity index (χ0v) is 16.3. The van der Waals surface area contributed by atoms with Crippen molar-refractivity contribution in [2.75, 3.05) is 0 Å². The lowest BCUT2D eigenvalue weighted by Crippen LogP contribution is -2.52. The highest BCUT2D eigenvalue weighted by atomic mass is 28.3. The fraction of sp³-hybridized carbons (Fsp3) is 0.217. The van der Waals surface area contributed by atoms with Crippen LogP contribution in [0.3, 0.4) is 0 Å². The summed E-state index contributed by atoms with van der Waals surface area (Å²) in [5.41, 5.74) is 3.70. The Morgan fingerprint density at radius 2 is 1.04 bits per heavy atom. The summed E-state index contributed by atoms with van der Waals surface area (Å²) in [7, 11) is -1.79. The molecule has 0 saturated heterocycles. The predicted octanol–water partition coefficient (Wildman–Crippen LogP) is 6.02. The standard InChI is InChI=1S/C23H26OSi/c1-25(2,3)23(21-15-9-5-10-16-21,22-17-11-6-12-18-22)24-19-20-13-7-4-8-14-20/h4-18H,19H2,1-3H3. The summed E-state index contributed by atoms with van der Waals surface area (Å²) in [5, 5.41) is -0.384. The van der Waals surface area contributed by atoms with Gasteiger partial charge >= 0.3 is 0 Å². The fourth-order valence-corrected chi connectivity index (χ4v) is 6.10. The minimum atomic E-state index is -1.79. The number of rotatable bonds is 6. The second-order valence-corrected chi connectivity index (χ2v) is 12.6. The van der Waals surface area contributed by atoms with E-state index in [1.54, 1.807) is 0 Å². The van der Waals surface area contributed by atoms with E-state index in [0.29, 0.717) is 6.61 Å². The van der Waals surface area contributed by atoms with Gasteiger partial charge in [-0.15, -0.1) is 0 Å². The summed E-state index contributed by atoms with van der Waals surface area (Å²) >= 11 is 0. The summed E-state index contributed by atoms with van der Waals surface area (Å²) in [5.74, 6) is 0. The molecule has 0 unspecified atom stereocenters. The van der Waals surface area contributed by atoms with E-state index in [2.05, 4.69) is 105 Å². The molecule has 3 aromatic carbocycles. The molecule has 3 rings (SSSR count). The van der Waals surface area contributed by atoms with E-state index in [4.69, 9.17) is 4.74 Å². The lowest BCUT2D eigenvalue weighted by molar-refractivity contribution is 0.0235. The van der Waals surface area contributed by atoms with Crippen LogP contribution in [0.25, 0.3) is 0 Å². The summed E-state index contributed by atoms with van der Waals surface area (Å²) in [4.78, 5) is 0. The van der Waals surface area contributed by atoms with Crippen molar-refractivity contribution in [2.24, 2.45) is 0 Å². The van der Waals surface area contributed by atoms with Crippen LogP contribution in [-0.4, -0.2) is 8.07 Å². The first-order valence-electron chi connectivity index (χ1n) is 8.83. The Hall–Kier alpha value is -2.16. The zero-order chi connectivity index (χ0) is 17.8. The van der Waals surface area contributed by atoms with Crippen LogP contribution in [0.1, 0.15) is 16.7 Å². The maximum atomic E-state index is 6.81. The Bertz CT molecular complexity index is 737. The van der Waals surface area contributed by atoms with Crippen molar-refractivity contribution >= 4 is 8.07 Å². The largest absolute Gasteiger partial charge is 0.365 e. The van der Waals surface area contributed by atoms with Crippen LogP contribution >= 0.6 is 0 Å². The van der Waals surface area contributed by atoms with E-state index in [1.807, 2.05) is 6.07 Å². The van der Waals surface area contributed by atoms with Gasteiger partial charge in [-0.25, -0.2) is 0 Å². The Morgan fingerprint density at radius 1 is 0.640 bits per heavy atom.